The van der Waals surface area contributed by atoms with Crippen molar-refractivity contribution in [2.24, 2.45) is 0 Å². The number of hydrogen-bond donors (Lipinski definition) is 1. The fourth-order valence-corrected chi connectivity index (χ4v) is 3.40. The summed E-state index contributed by atoms with van der Waals surface area (Å²) in [4.78, 5) is 41.4. The molecule has 0 atom stereocenters. The second kappa shape index (κ2) is 9.83. The number of hydrogen-bond acceptors (Lipinski definition) is 7. The number of carbonyl (C=O) groups excluding carboxylic acids is 3. The first kappa shape index (κ1) is 22.5. The molecule has 4 rings (SSSR count). The molecular formula is C26H20N2O6. The van der Waals surface area contributed by atoms with E-state index in [-0.39, 0.29) is 22.6 Å². The van der Waals surface area contributed by atoms with Crippen LogP contribution in [0, 0.1) is 0 Å². The number of nitrogens with zero attached hydrogens (tertiary/aromatic N) is 1. The van der Waals surface area contributed by atoms with Crippen LogP contribution in [-0.4, -0.2) is 29.9 Å². The average Bonchev–Trinajstić information content (AvgIpc) is 3.39. The van der Waals surface area contributed by atoms with Crippen LogP contribution in [0.5, 0.6) is 5.75 Å². The first-order valence-corrected chi connectivity index (χ1v) is 10.3. The van der Waals surface area contributed by atoms with Crippen LogP contribution < -0.4 is 10.1 Å². The molecular weight excluding hydrogens is 436 g/mol. The van der Waals surface area contributed by atoms with Crippen molar-refractivity contribution in [3.8, 4) is 28.0 Å². The predicted octanol–water partition coefficient (Wildman–Crippen LogP) is 4.97. The number of aromatic nitrogens is 1. The molecule has 0 saturated carbocycles. The summed E-state index contributed by atoms with van der Waals surface area (Å²) >= 11 is 0. The van der Waals surface area contributed by atoms with Crippen LogP contribution in [0.25, 0.3) is 22.3 Å². The van der Waals surface area contributed by atoms with Gasteiger partial charge in [-0.3, -0.25) is 14.6 Å². The van der Waals surface area contributed by atoms with Gasteiger partial charge in [0.05, 0.1) is 36.5 Å². The van der Waals surface area contributed by atoms with Crippen LogP contribution in [0.4, 0.5) is 5.69 Å². The van der Waals surface area contributed by atoms with Crippen molar-refractivity contribution < 1.29 is 28.3 Å². The highest BCUT2D eigenvalue weighted by Crippen LogP contribution is 2.30. The molecule has 2 aromatic heterocycles. The molecule has 0 fully saturated rings. The molecule has 0 radical (unpaired) electrons. The highest BCUT2D eigenvalue weighted by atomic mass is 16.5. The van der Waals surface area contributed by atoms with Crippen LogP contribution >= 0.6 is 0 Å². The minimum Gasteiger partial charge on any atom is -0.472 e. The third-order valence-corrected chi connectivity index (χ3v) is 5.00. The number of nitrogens with one attached hydrogen (secondary N) is 1. The molecule has 0 bridgehead atoms. The summed E-state index contributed by atoms with van der Waals surface area (Å²) in [6.45, 7) is 1.25. The average molecular weight is 456 g/mol. The maximum absolute atomic E-state index is 13.4. The zero-order chi connectivity index (χ0) is 24.1. The van der Waals surface area contributed by atoms with Crippen molar-refractivity contribution >= 4 is 23.5 Å². The summed E-state index contributed by atoms with van der Waals surface area (Å²) in [6, 6.07) is 15.2. The SMILES string of the molecule is COC(=O)c1ccc(-c2ccoc2)cc1NC(=O)c1cc(-c2cccnc2)ccc1OC(C)=O. The van der Waals surface area contributed by atoms with Crippen molar-refractivity contribution in [3.63, 3.8) is 0 Å². The first-order valence-electron chi connectivity index (χ1n) is 10.3. The lowest BCUT2D eigenvalue weighted by Crippen LogP contribution is -2.17. The molecule has 8 heteroatoms. The van der Waals surface area contributed by atoms with E-state index >= 15 is 0 Å². The molecule has 2 heterocycles. The molecule has 4 aromatic rings. The summed E-state index contributed by atoms with van der Waals surface area (Å²) < 4.78 is 15.3. The van der Waals surface area contributed by atoms with Crippen molar-refractivity contribution in [1.82, 2.24) is 4.98 Å². The summed E-state index contributed by atoms with van der Waals surface area (Å²) in [5, 5.41) is 2.76. The highest BCUT2D eigenvalue weighted by molar-refractivity contribution is 6.10. The first-order chi connectivity index (χ1) is 16.5. The van der Waals surface area contributed by atoms with Gasteiger partial charge in [-0.1, -0.05) is 18.2 Å². The van der Waals surface area contributed by atoms with Gasteiger partial charge < -0.3 is 19.2 Å². The monoisotopic (exact) mass is 456 g/mol. The van der Waals surface area contributed by atoms with E-state index in [0.29, 0.717) is 5.56 Å². The van der Waals surface area contributed by atoms with Crippen LogP contribution in [-0.2, 0) is 9.53 Å². The molecule has 8 nitrogen and oxygen atoms in total. The van der Waals surface area contributed by atoms with Gasteiger partial charge in [0.1, 0.15) is 5.75 Å². The summed E-state index contributed by atoms with van der Waals surface area (Å²) in [5.41, 5.74) is 3.49. The Kier molecular flexibility index (Phi) is 6.49. The Morgan fingerprint density at radius 2 is 1.71 bits per heavy atom. The van der Waals surface area contributed by atoms with Crippen molar-refractivity contribution in [3.05, 3.63) is 90.6 Å². The van der Waals surface area contributed by atoms with E-state index in [1.165, 1.54) is 20.3 Å². The number of pyridine rings is 1. The molecule has 0 aliphatic carbocycles. The van der Waals surface area contributed by atoms with Crippen LogP contribution in [0.3, 0.4) is 0 Å². The van der Waals surface area contributed by atoms with Crippen LogP contribution in [0.1, 0.15) is 27.6 Å². The van der Waals surface area contributed by atoms with Gasteiger partial charge in [-0.15, -0.1) is 0 Å². The number of ether oxygens (including phenoxy) is 2. The van der Waals surface area contributed by atoms with E-state index in [1.807, 2.05) is 6.07 Å². The standard InChI is InChI=1S/C26H20N2O6/c1-16(29)34-24-8-6-17(19-4-3-10-27-14-19)12-22(24)25(30)28-23-13-18(20-9-11-33-15-20)5-7-21(23)26(31)32-2/h3-15H,1-2H3,(H,28,30). The molecule has 170 valence electrons. The van der Waals surface area contributed by atoms with E-state index in [0.717, 1.165) is 16.7 Å². The number of esters is 2. The Morgan fingerprint density at radius 1 is 0.912 bits per heavy atom. The minimum absolute atomic E-state index is 0.0863. The zero-order valence-electron chi connectivity index (χ0n) is 18.4. The second-order valence-corrected chi connectivity index (χ2v) is 7.26. The molecule has 2 aromatic carbocycles. The molecule has 0 unspecified atom stereocenters. The lowest BCUT2D eigenvalue weighted by Gasteiger charge is -2.14. The zero-order valence-corrected chi connectivity index (χ0v) is 18.4. The largest absolute Gasteiger partial charge is 0.472 e. The Hall–Kier alpha value is -4.72. The molecule has 0 spiro atoms. The van der Waals surface area contributed by atoms with Gasteiger partial charge in [0.2, 0.25) is 0 Å². The number of amides is 1. The summed E-state index contributed by atoms with van der Waals surface area (Å²) in [5.74, 6) is -1.67. The summed E-state index contributed by atoms with van der Waals surface area (Å²) in [6.07, 6.45) is 6.38. The van der Waals surface area contributed by atoms with Gasteiger partial charge in [-0.2, -0.15) is 0 Å². The quantitative estimate of drug-likeness (QED) is 0.322. The van der Waals surface area contributed by atoms with E-state index in [2.05, 4.69) is 10.3 Å². The van der Waals surface area contributed by atoms with E-state index in [9.17, 15) is 14.4 Å². The van der Waals surface area contributed by atoms with Crippen molar-refractivity contribution in [2.75, 3.05) is 12.4 Å². The van der Waals surface area contributed by atoms with E-state index in [4.69, 9.17) is 13.9 Å². The maximum Gasteiger partial charge on any atom is 0.339 e. The number of anilines is 1. The van der Waals surface area contributed by atoms with Gasteiger partial charge in [0.25, 0.3) is 5.91 Å². The van der Waals surface area contributed by atoms with Crippen LogP contribution in [0.2, 0.25) is 0 Å². The number of rotatable bonds is 6. The summed E-state index contributed by atoms with van der Waals surface area (Å²) in [7, 11) is 1.26. The minimum atomic E-state index is -0.613. The van der Waals surface area contributed by atoms with Gasteiger partial charge in [-0.25, -0.2) is 4.79 Å². The fourth-order valence-electron chi connectivity index (χ4n) is 3.40. The Bertz CT molecular complexity index is 1350. The van der Waals surface area contributed by atoms with Gasteiger partial charge in [-0.05, 0) is 47.5 Å². The lowest BCUT2D eigenvalue weighted by molar-refractivity contribution is -0.131. The highest BCUT2D eigenvalue weighted by Gasteiger charge is 2.20. The molecule has 1 N–H and O–H groups in total. The molecule has 0 aliphatic rings. The number of carbonyl (C=O) groups is 3. The smallest absolute Gasteiger partial charge is 0.339 e. The third-order valence-electron chi connectivity index (χ3n) is 5.00. The van der Waals surface area contributed by atoms with Crippen molar-refractivity contribution in [1.29, 1.82) is 0 Å². The normalized spacial score (nSPS) is 10.4. The topological polar surface area (TPSA) is 108 Å². The third kappa shape index (κ3) is 4.86. The number of benzene rings is 2. The van der Waals surface area contributed by atoms with Gasteiger partial charge in [0.15, 0.2) is 0 Å². The molecule has 34 heavy (non-hydrogen) atoms. The Balaban J connectivity index is 1.76. The fraction of sp³-hybridized carbons (Fsp3) is 0.0769. The lowest BCUT2D eigenvalue weighted by atomic mass is 10.0. The molecule has 0 saturated heterocycles. The van der Waals surface area contributed by atoms with Gasteiger partial charge >= 0.3 is 11.9 Å². The molecule has 1 amide bonds. The van der Waals surface area contributed by atoms with Crippen molar-refractivity contribution in [2.45, 2.75) is 6.92 Å². The van der Waals surface area contributed by atoms with E-state index < -0.39 is 17.8 Å². The second-order valence-electron chi connectivity index (χ2n) is 7.26. The Morgan fingerprint density at radius 3 is 2.38 bits per heavy atom. The predicted molar refractivity (Wildman–Crippen MR) is 124 cm³/mol. The van der Waals surface area contributed by atoms with Crippen LogP contribution in [0.15, 0.2) is 83.9 Å². The molecule has 0 aliphatic heterocycles. The maximum atomic E-state index is 13.4. The van der Waals surface area contributed by atoms with Gasteiger partial charge in [0, 0.05) is 30.4 Å². The van der Waals surface area contributed by atoms with E-state index in [1.54, 1.807) is 67.2 Å². The number of furan rings is 1. The number of methoxy groups -OCH3 is 1. The Labute approximate surface area is 195 Å².